The molecule has 0 bridgehead atoms. The molecule has 0 amide bonds. The fourth-order valence-electron chi connectivity index (χ4n) is 1.06. The summed E-state index contributed by atoms with van der Waals surface area (Å²) in [5.41, 5.74) is 1.20. The van der Waals surface area contributed by atoms with E-state index in [2.05, 4.69) is 0 Å². The van der Waals surface area contributed by atoms with Crippen LogP contribution in [0.1, 0.15) is 12.5 Å². The Morgan fingerprint density at radius 3 is 2.54 bits per heavy atom. The molecule has 2 nitrogen and oxygen atoms in total. The Labute approximate surface area is 102 Å². The van der Waals surface area contributed by atoms with E-state index in [0.29, 0.717) is 0 Å². The fraction of sp³-hybridized carbons (Fsp3) is 0.333. The molecule has 0 saturated carbocycles. The van der Waals surface area contributed by atoms with Crippen molar-refractivity contribution in [2.24, 2.45) is 0 Å². The van der Waals surface area contributed by atoms with Crippen molar-refractivity contribution in [3.8, 4) is 0 Å². The zero-order valence-electron chi connectivity index (χ0n) is 6.93. The van der Waals surface area contributed by atoms with Gasteiger partial charge < -0.3 is 0 Å². The molecule has 0 saturated heterocycles. The van der Waals surface area contributed by atoms with Gasteiger partial charge >= 0.3 is 38.2 Å². The van der Waals surface area contributed by atoms with E-state index in [4.69, 9.17) is 4.52 Å². The van der Waals surface area contributed by atoms with Crippen LogP contribution in [0.3, 0.4) is 0 Å². The predicted octanol–water partition coefficient (Wildman–Crippen LogP) is 2.19. The predicted molar refractivity (Wildman–Crippen MR) is 55.4 cm³/mol. The molecule has 4 heteroatoms. The van der Waals surface area contributed by atoms with Crippen molar-refractivity contribution >= 4 is 38.2 Å². The van der Waals surface area contributed by atoms with Crippen molar-refractivity contribution in [2.45, 2.75) is 19.4 Å². The summed E-state index contributed by atoms with van der Waals surface area (Å²) in [4.78, 5) is 0. The summed E-state index contributed by atoms with van der Waals surface area (Å²) in [6.07, 6.45) is 0.808. The Bertz CT molecular complexity index is 241. The van der Waals surface area contributed by atoms with Crippen molar-refractivity contribution in [3.05, 3.63) is 35.9 Å². The maximum atomic E-state index is 10.1. The molecular formula is C9H12NaO2P. The summed E-state index contributed by atoms with van der Waals surface area (Å²) in [6.45, 7) is 1.90. The summed E-state index contributed by atoms with van der Waals surface area (Å²) < 4.78 is 14.9. The van der Waals surface area contributed by atoms with E-state index in [1.807, 2.05) is 37.3 Å². The topological polar surface area (TPSA) is 26.3 Å². The second-order valence-electron chi connectivity index (χ2n) is 2.68. The van der Waals surface area contributed by atoms with Crippen LogP contribution in [0.2, 0.25) is 0 Å². The van der Waals surface area contributed by atoms with Crippen LogP contribution in [0.15, 0.2) is 30.3 Å². The Kier molecular flexibility index (Phi) is 7.83. The molecule has 1 aromatic rings. The summed E-state index contributed by atoms with van der Waals surface area (Å²) in [5.74, 6) is 0. The molecule has 1 atom stereocenters. The van der Waals surface area contributed by atoms with Crippen LogP contribution in [0.25, 0.3) is 0 Å². The van der Waals surface area contributed by atoms with Crippen molar-refractivity contribution in [3.63, 3.8) is 0 Å². The van der Waals surface area contributed by atoms with E-state index in [9.17, 15) is 4.57 Å². The molecule has 66 valence electrons. The molecule has 1 unspecified atom stereocenters. The second-order valence-corrected chi connectivity index (χ2v) is 3.04. The molecule has 0 aliphatic heterocycles. The van der Waals surface area contributed by atoms with Crippen LogP contribution >= 0.6 is 8.69 Å². The van der Waals surface area contributed by atoms with E-state index in [1.165, 1.54) is 5.56 Å². The average Bonchev–Trinajstić information content (AvgIpc) is 2.06. The van der Waals surface area contributed by atoms with Crippen LogP contribution in [-0.4, -0.2) is 35.7 Å². The third-order valence-corrected chi connectivity index (χ3v) is 2.03. The van der Waals surface area contributed by atoms with Gasteiger partial charge in [0.05, 0.1) is 6.10 Å². The van der Waals surface area contributed by atoms with E-state index < -0.39 is 0 Å². The van der Waals surface area contributed by atoms with E-state index >= 15 is 0 Å². The van der Waals surface area contributed by atoms with Gasteiger partial charge in [-0.15, -0.1) is 0 Å². The molecule has 0 N–H and O–H groups in total. The van der Waals surface area contributed by atoms with Gasteiger partial charge in [-0.2, -0.15) is 0 Å². The van der Waals surface area contributed by atoms with Crippen molar-refractivity contribution in [2.75, 3.05) is 0 Å². The number of hydrogen-bond donors (Lipinski definition) is 0. The third kappa shape index (κ3) is 5.56. The molecule has 0 radical (unpaired) electrons. The van der Waals surface area contributed by atoms with E-state index in [1.54, 1.807) is 0 Å². The Balaban J connectivity index is 0.00000144. The van der Waals surface area contributed by atoms with E-state index in [-0.39, 0.29) is 44.3 Å². The van der Waals surface area contributed by atoms with Crippen molar-refractivity contribution in [1.82, 2.24) is 0 Å². The summed E-state index contributed by atoms with van der Waals surface area (Å²) >= 11 is 0. The third-order valence-electron chi connectivity index (χ3n) is 1.59. The minimum absolute atomic E-state index is 0. The van der Waals surface area contributed by atoms with Crippen molar-refractivity contribution in [1.29, 1.82) is 0 Å². The van der Waals surface area contributed by atoms with Gasteiger partial charge in [0.1, 0.15) is 0 Å². The second kappa shape index (κ2) is 7.66. The van der Waals surface area contributed by atoms with Gasteiger partial charge in [0.15, 0.2) is 0 Å². The van der Waals surface area contributed by atoms with Crippen LogP contribution < -0.4 is 0 Å². The molecular weight excluding hydrogens is 194 g/mol. The first kappa shape index (κ1) is 13.3. The van der Waals surface area contributed by atoms with Gasteiger partial charge in [0, 0.05) is 0 Å². The van der Waals surface area contributed by atoms with Gasteiger partial charge in [-0.05, 0) is 18.9 Å². The van der Waals surface area contributed by atoms with Gasteiger partial charge in [-0.25, -0.2) is 4.57 Å². The SMILES string of the molecule is CC(Cc1ccccc1)OP=O.[NaH]. The maximum absolute atomic E-state index is 10.1. The zero-order valence-corrected chi connectivity index (χ0v) is 7.83. The molecule has 1 rings (SSSR count). The van der Waals surface area contributed by atoms with Gasteiger partial charge in [-0.1, -0.05) is 30.3 Å². The average molecular weight is 206 g/mol. The van der Waals surface area contributed by atoms with Gasteiger partial charge in [0.25, 0.3) is 0 Å². The fourth-order valence-corrected chi connectivity index (χ4v) is 1.28. The molecule has 0 aliphatic rings. The first-order valence-corrected chi connectivity index (χ1v) is 4.58. The van der Waals surface area contributed by atoms with Crippen LogP contribution in [0.5, 0.6) is 0 Å². The van der Waals surface area contributed by atoms with Gasteiger partial charge in [-0.3, -0.25) is 4.52 Å². The van der Waals surface area contributed by atoms with Crippen LogP contribution in [0.4, 0.5) is 0 Å². The molecule has 0 heterocycles. The van der Waals surface area contributed by atoms with E-state index in [0.717, 1.165) is 6.42 Å². The first-order valence-electron chi connectivity index (χ1n) is 3.85. The van der Waals surface area contributed by atoms with Crippen molar-refractivity contribution < 1.29 is 9.09 Å². The minimum atomic E-state index is -0.241. The molecule has 1 aromatic carbocycles. The number of rotatable bonds is 4. The Hall–Kier alpha value is 0.280. The number of hydrogen-bond acceptors (Lipinski definition) is 2. The monoisotopic (exact) mass is 206 g/mol. The first-order chi connectivity index (χ1) is 5.83. The quantitative estimate of drug-likeness (QED) is 0.557. The van der Waals surface area contributed by atoms with Gasteiger partial charge in [0.2, 0.25) is 0 Å². The Morgan fingerprint density at radius 2 is 2.00 bits per heavy atom. The summed E-state index contributed by atoms with van der Waals surface area (Å²) in [7, 11) is -0.241. The normalized spacial score (nSPS) is 12.1. The zero-order chi connectivity index (χ0) is 8.81. The number of benzene rings is 1. The summed E-state index contributed by atoms with van der Waals surface area (Å²) in [6, 6.07) is 10.00. The van der Waals surface area contributed by atoms with Crippen LogP contribution in [-0.2, 0) is 15.5 Å². The molecule has 13 heavy (non-hydrogen) atoms. The summed E-state index contributed by atoms with van der Waals surface area (Å²) in [5, 5.41) is 0. The van der Waals surface area contributed by atoms with Crippen LogP contribution in [0, 0.1) is 0 Å². The molecule has 0 aliphatic carbocycles. The molecule has 0 spiro atoms. The Morgan fingerprint density at radius 1 is 1.38 bits per heavy atom. The molecule has 0 fully saturated rings. The standard InChI is InChI=1S/C9H11O2P.Na.H/c1-8(11-12-10)7-9-5-3-2-4-6-9;;/h2-6,8H,7H2,1H3;;. The molecule has 0 aromatic heterocycles.